The molecule has 13 N–H and O–H groups in total. The number of hydrogen-bond acceptors (Lipinski definition) is 14. The molecule has 3 amide bonds. The number of thioether (sulfide) groups is 2. The average molecular weight is 763 g/mol. The average Bonchev–Trinajstić information content (AvgIpc) is 3.69. The molecule has 0 aliphatic carbocycles. The van der Waals surface area contributed by atoms with E-state index in [0.29, 0.717) is 23.8 Å². The number of nitrogens with one attached hydrogen (secondary N) is 4. The number of aromatic nitrogens is 4. The minimum atomic E-state index is -4.87. The highest BCUT2D eigenvalue weighted by atomic mass is 32.2. The maximum atomic E-state index is 12.5. The molecule has 0 unspecified atom stereocenters. The highest BCUT2D eigenvalue weighted by Gasteiger charge is 2.46. The highest BCUT2D eigenvalue weighted by Crippen LogP contribution is 2.40. The lowest BCUT2D eigenvalue weighted by Crippen LogP contribution is -2.36. The number of nitrogen functional groups attached to an aromatic ring is 1. The molecule has 0 bridgehead atoms. The number of imidazole rings is 1. The summed E-state index contributed by atoms with van der Waals surface area (Å²) < 4.78 is 31.4. The largest absolute Gasteiger partial charge is 0.469 e. The number of nitrogens with two attached hydrogens (primary N) is 1. The molecule has 3 fully saturated rings. The van der Waals surface area contributed by atoms with Crippen LogP contribution in [0, 0.1) is 0 Å². The minimum Gasteiger partial charge on any atom is -0.387 e. The van der Waals surface area contributed by atoms with Gasteiger partial charge in [0.1, 0.15) is 18.3 Å². The number of anilines is 1. The SMILES string of the molecule is Nc1nc2c(nc(SCCNC(=O)CCCC[C@@H]3SC[C@@H]4NC(=O)N[C@@H]43)n2[C@@H]2O[C@H](COP(=O)(O)O)[C@@H](O)[C@H]2O)c(=O)[nH]1.O=P(O)(O)O. The Balaban J connectivity index is 0.000000968. The Bertz CT molecular complexity index is 1610. The third kappa shape index (κ3) is 10.6. The van der Waals surface area contributed by atoms with E-state index >= 15 is 0 Å². The maximum absolute atomic E-state index is 12.5. The summed E-state index contributed by atoms with van der Waals surface area (Å²) in [6.45, 7) is -0.460. The number of H-pyrrole nitrogens is 1. The Labute approximate surface area is 279 Å². The number of amides is 3. The summed E-state index contributed by atoms with van der Waals surface area (Å²) in [6, 6.07) is 0.175. The van der Waals surface area contributed by atoms with E-state index < -0.39 is 52.4 Å². The fourth-order valence-corrected chi connectivity index (χ4v) is 8.01. The predicted molar refractivity (Wildman–Crippen MR) is 168 cm³/mol. The van der Waals surface area contributed by atoms with Crippen molar-refractivity contribution in [2.75, 3.05) is 30.4 Å². The van der Waals surface area contributed by atoms with Gasteiger partial charge >= 0.3 is 21.7 Å². The third-order valence-corrected chi connectivity index (χ3v) is 10.2. The molecule has 0 radical (unpaired) electrons. The number of nitrogens with zero attached hydrogens (tertiary/aromatic N) is 3. The van der Waals surface area contributed by atoms with Crippen LogP contribution in [0.5, 0.6) is 0 Å². The van der Waals surface area contributed by atoms with Crippen LogP contribution in [0.1, 0.15) is 31.9 Å². The van der Waals surface area contributed by atoms with Crippen molar-refractivity contribution in [3.63, 3.8) is 0 Å². The number of aromatic amines is 1. The van der Waals surface area contributed by atoms with Crippen LogP contribution in [0.4, 0.5) is 10.7 Å². The maximum Gasteiger partial charge on any atom is 0.469 e. The number of rotatable bonds is 13. The number of aliphatic hydroxyl groups excluding tert-OH is 2. The van der Waals surface area contributed by atoms with E-state index in [-0.39, 0.29) is 52.8 Å². The van der Waals surface area contributed by atoms with Crippen LogP contribution in [0.15, 0.2) is 9.95 Å². The van der Waals surface area contributed by atoms with E-state index in [4.69, 9.17) is 39.5 Å². The zero-order valence-electron chi connectivity index (χ0n) is 24.8. The minimum absolute atomic E-state index is 0.0414. The van der Waals surface area contributed by atoms with Crippen LogP contribution in [0.2, 0.25) is 0 Å². The number of unbranched alkanes of at least 4 members (excludes halogenated alkanes) is 1. The zero-order valence-corrected chi connectivity index (χ0v) is 28.2. The normalized spacial score (nSPS) is 26.9. The number of phosphoric ester groups is 1. The second kappa shape index (κ2) is 16.1. The van der Waals surface area contributed by atoms with Gasteiger partial charge in [0.05, 0.1) is 18.7 Å². The van der Waals surface area contributed by atoms with E-state index in [2.05, 4.69) is 35.4 Å². The molecule has 3 aliphatic rings. The standard InChI is InChI=1S/C22H33N8O10PS2.H3O4P/c23-20-28-17-14(18(34)29-20)27-22(30(17)19-16(33)15(32)10(40-19)7-39-41(36,37)38)42-6-5-24-12(31)4-2-1-3-11-13-9(8-43-11)25-21(35)26-13;1-5(2,3)4/h9-11,13,15-16,19,32-33H,1-8H2,(H,24,31)(H2,25,26,35)(H2,36,37,38)(H3,23,28,29,34);(H3,1,2,3,4)/t9-,10+,11-,13-,15+,16+,19+;/m0./s1. The number of urea groups is 1. The van der Waals surface area contributed by atoms with Crippen LogP contribution in [0.3, 0.4) is 0 Å². The fraction of sp³-hybridized carbons (Fsp3) is 0.682. The Morgan fingerprint density at radius 3 is 2.52 bits per heavy atom. The van der Waals surface area contributed by atoms with Gasteiger partial charge in [0.25, 0.3) is 5.56 Å². The molecule has 0 spiro atoms. The molecule has 48 heavy (non-hydrogen) atoms. The van der Waals surface area contributed by atoms with Crippen LogP contribution < -0.4 is 27.2 Å². The van der Waals surface area contributed by atoms with Gasteiger partial charge in [-0.1, -0.05) is 18.2 Å². The van der Waals surface area contributed by atoms with Crippen molar-refractivity contribution in [3.8, 4) is 0 Å². The van der Waals surface area contributed by atoms with Crippen molar-refractivity contribution in [2.24, 2.45) is 0 Å². The number of carbonyl (C=O) groups excluding carboxylic acids is 2. The van der Waals surface area contributed by atoms with Gasteiger partial charge in [0.2, 0.25) is 11.9 Å². The van der Waals surface area contributed by atoms with Crippen molar-refractivity contribution in [1.82, 2.24) is 35.5 Å². The number of hydrogen-bond donors (Lipinski definition) is 12. The van der Waals surface area contributed by atoms with Crippen molar-refractivity contribution < 1.29 is 62.7 Å². The van der Waals surface area contributed by atoms with E-state index in [0.717, 1.165) is 30.4 Å². The smallest absolute Gasteiger partial charge is 0.387 e. The molecule has 270 valence electrons. The molecule has 22 nitrogen and oxygen atoms in total. The third-order valence-electron chi connectivity index (χ3n) is 7.27. The Hall–Kier alpha value is -2.31. The van der Waals surface area contributed by atoms with E-state index in [9.17, 15) is 29.2 Å². The summed E-state index contributed by atoms with van der Waals surface area (Å²) in [5.74, 6) is 0.842. The molecule has 7 atom stereocenters. The molecule has 3 saturated heterocycles. The van der Waals surface area contributed by atoms with Crippen molar-refractivity contribution in [3.05, 3.63) is 10.4 Å². The van der Waals surface area contributed by atoms with Gasteiger partial charge in [-0.25, -0.2) is 18.9 Å². The quantitative estimate of drug-likeness (QED) is 0.0432. The number of aliphatic hydroxyl groups is 2. The molecule has 5 rings (SSSR count). The van der Waals surface area contributed by atoms with Crippen LogP contribution in [-0.4, -0.2) is 126 Å². The number of carbonyl (C=O) groups is 2. The van der Waals surface area contributed by atoms with E-state index in [1.54, 1.807) is 0 Å². The first-order valence-corrected chi connectivity index (χ1v) is 19.4. The second-order valence-corrected chi connectivity index (χ2v) is 15.4. The van der Waals surface area contributed by atoms with Gasteiger partial charge in [-0.2, -0.15) is 16.7 Å². The summed E-state index contributed by atoms with van der Waals surface area (Å²) in [5.41, 5.74) is 4.91. The number of ether oxygens (including phenoxy) is 1. The molecular formula is C22H36N8O14P2S2. The van der Waals surface area contributed by atoms with Gasteiger partial charge in [0, 0.05) is 29.7 Å². The first-order valence-electron chi connectivity index (χ1n) is 14.3. The van der Waals surface area contributed by atoms with Gasteiger partial charge in [-0.3, -0.25) is 23.7 Å². The Kier molecular flexibility index (Phi) is 12.9. The lowest BCUT2D eigenvalue weighted by molar-refractivity contribution is -0.121. The second-order valence-electron chi connectivity index (χ2n) is 10.8. The Morgan fingerprint density at radius 1 is 1.12 bits per heavy atom. The molecular weight excluding hydrogens is 726 g/mol. The van der Waals surface area contributed by atoms with E-state index in [1.165, 1.54) is 4.57 Å². The van der Waals surface area contributed by atoms with Crippen LogP contribution in [0.25, 0.3) is 11.2 Å². The fourth-order valence-electron chi connectivity index (χ4n) is 5.26. The van der Waals surface area contributed by atoms with Crippen LogP contribution in [-0.2, 0) is 23.2 Å². The lowest BCUT2D eigenvalue weighted by Gasteiger charge is -2.19. The molecule has 26 heteroatoms. The monoisotopic (exact) mass is 762 g/mol. The first-order chi connectivity index (χ1) is 22.4. The van der Waals surface area contributed by atoms with Crippen molar-refractivity contribution in [2.45, 2.75) is 72.7 Å². The Morgan fingerprint density at radius 2 is 1.83 bits per heavy atom. The van der Waals surface area contributed by atoms with Gasteiger partial charge in [0.15, 0.2) is 22.5 Å². The van der Waals surface area contributed by atoms with Gasteiger partial charge in [-0.05, 0) is 12.8 Å². The summed E-state index contributed by atoms with van der Waals surface area (Å²) in [7, 11) is -9.51. The molecule has 0 saturated carbocycles. The topological polar surface area (TPSA) is 354 Å². The molecule has 2 aromatic rings. The van der Waals surface area contributed by atoms with Crippen LogP contribution >= 0.6 is 39.2 Å². The summed E-state index contributed by atoms with van der Waals surface area (Å²) in [6.07, 6.45) is -3.06. The lowest BCUT2D eigenvalue weighted by atomic mass is 10.0. The first kappa shape index (κ1) is 38.5. The highest BCUT2D eigenvalue weighted by molar-refractivity contribution is 8.00. The number of phosphoric acid groups is 2. The van der Waals surface area contributed by atoms with Gasteiger partial charge in [-0.15, -0.1) is 0 Å². The van der Waals surface area contributed by atoms with E-state index in [1.807, 2.05) is 11.8 Å². The van der Waals surface area contributed by atoms with Crippen molar-refractivity contribution in [1.29, 1.82) is 0 Å². The molecule has 3 aliphatic heterocycles. The van der Waals surface area contributed by atoms with Gasteiger partial charge < -0.3 is 61.1 Å². The zero-order chi connectivity index (χ0) is 35.4. The molecule has 0 aromatic carbocycles. The summed E-state index contributed by atoms with van der Waals surface area (Å²) in [5, 5.41) is 30.4. The predicted octanol–water partition coefficient (Wildman–Crippen LogP) is -2.56. The molecule has 2 aromatic heterocycles. The molecule has 5 heterocycles. The number of fused-ring (bicyclic) bond motifs is 2. The van der Waals surface area contributed by atoms with Crippen molar-refractivity contribution >= 4 is 68.2 Å². The summed E-state index contributed by atoms with van der Waals surface area (Å²) >= 11 is 2.95. The summed E-state index contributed by atoms with van der Waals surface area (Å²) in [4.78, 5) is 86.7.